The molecule has 0 rings (SSSR count). The molecule has 0 atom stereocenters. The predicted molar refractivity (Wildman–Crippen MR) is 61.9 cm³/mol. The predicted octanol–water partition coefficient (Wildman–Crippen LogP) is 1.63. The standard InChI is InChI=1S/3C3H6O2.C2H6O2.Ti/c3*1-2-3(4)5;1-2-4-3;/h3*2H2,1H3,(H,4,5);3H,2H2,1H3;/q;;;;+4/p-4. The Hall–Kier alpha value is -0.956. The molecule has 0 aliphatic heterocycles. The fourth-order valence-corrected chi connectivity index (χ4v) is 3.63. The minimum absolute atomic E-state index is 0.00976. The number of hydrogen-bond acceptors (Lipinski definition) is 8. The Morgan fingerprint density at radius 3 is 1.35 bits per heavy atom. The van der Waals surface area contributed by atoms with Crippen LogP contribution in [0.15, 0.2) is 0 Å². The van der Waals surface area contributed by atoms with E-state index in [2.05, 4.69) is 4.89 Å². The van der Waals surface area contributed by atoms with Crippen molar-refractivity contribution in [1.82, 2.24) is 0 Å². The maximum absolute atomic E-state index is 11.4. The van der Waals surface area contributed by atoms with Crippen molar-refractivity contribution in [2.45, 2.75) is 47.0 Å². The van der Waals surface area contributed by atoms with E-state index in [4.69, 9.17) is 13.4 Å². The van der Waals surface area contributed by atoms with Gasteiger partial charge >= 0.3 is 122 Å². The fourth-order valence-electron chi connectivity index (χ4n) is 0.879. The maximum atomic E-state index is 11.4. The van der Waals surface area contributed by atoms with Gasteiger partial charge in [0.1, 0.15) is 0 Å². The topological polar surface area (TPSA) is 97.4 Å². The molecule has 0 unspecified atom stereocenters. The van der Waals surface area contributed by atoms with Crippen LogP contribution in [0.3, 0.4) is 0 Å². The second-order valence-electron chi connectivity index (χ2n) is 3.47. The fraction of sp³-hybridized carbons (Fsp3) is 0.727. The van der Waals surface area contributed by atoms with Crippen LogP contribution in [0.25, 0.3) is 0 Å². The summed E-state index contributed by atoms with van der Waals surface area (Å²) >= 11 is -4.93. The normalized spacial score (nSPS) is 10.8. The zero-order valence-corrected chi connectivity index (χ0v) is 13.7. The van der Waals surface area contributed by atoms with E-state index in [-0.39, 0.29) is 25.9 Å². The van der Waals surface area contributed by atoms with Crippen LogP contribution >= 0.6 is 0 Å². The quantitative estimate of drug-likeness (QED) is 0.358. The van der Waals surface area contributed by atoms with E-state index in [1.165, 1.54) is 0 Å². The molecule has 0 N–H and O–H groups in total. The van der Waals surface area contributed by atoms with Gasteiger partial charge in [0.15, 0.2) is 0 Å². The average Bonchev–Trinajstić information content (AvgIpc) is 2.44. The van der Waals surface area contributed by atoms with Crippen LogP contribution in [0.4, 0.5) is 0 Å². The monoisotopic (exact) mass is 328 g/mol. The molecule has 0 aliphatic rings. The van der Waals surface area contributed by atoms with Gasteiger partial charge in [-0.25, -0.2) is 0 Å². The molecule has 0 bridgehead atoms. The average molecular weight is 328 g/mol. The summed E-state index contributed by atoms with van der Waals surface area (Å²) in [5, 5.41) is 0. The molecule has 8 nitrogen and oxygen atoms in total. The van der Waals surface area contributed by atoms with Gasteiger partial charge in [-0.2, -0.15) is 0 Å². The summed E-state index contributed by atoms with van der Waals surface area (Å²) in [7, 11) is 0. The van der Waals surface area contributed by atoms with Crippen LogP contribution in [-0.2, 0) is 50.8 Å². The summed E-state index contributed by atoms with van der Waals surface area (Å²) in [6.07, 6.45) is 0.0293. The van der Waals surface area contributed by atoms with Gasteiger partial charge < -0.3 is 0 Å². The zero-order valence-electron chi connectivity index (χ0n) is 12.1. The molecular weight excluding hydrogens is 308 g/mol. The van der Waals surface area contributed by atoms with E-state index in [0.29, 0.717) is 0 Å². The molecule has 116 valence electrons. The van der Waals surface area contributed by atoms with Crippen LogP contribution in [0, 0.1) is 0 Å². The number of carbonyl (C=O) groups is 3. The van der Waals surface area contributed by atoms with Gasteiger partial charge in [-0.15, -0.1) is 0 Å². The molecule has 9 heteroatoms. The summed E-state index contributed by atoms with van der Waals surface area (Å²) in [6.45, 7) is 6.33. The van der Waals surface area contributed by atoms with Crippen molar-refractivity contribution in [2.75, 3.05) is 6.61 Å². The Morgan fingerprint density at radius 2 is 1.10 bits per heavy atom. The van der Waals surface area contributed by atoms with Crippen molar-refractivity contribution in [3.8, 4) is 0 Å². The molecule has 0 aromatic heterocycles. The summed E-state index contributed by atoms with van der Waals surface area (Å²) in [6, 6.07) is 0. The SMILES string of the molecule is CCO[O][Ti]([O]C(=O)CC)([O]C(=O)CC)[O]C(=O)CC. The molecule has 0 saturated heterocycles. The van der Waals surface area contributed by atoms with E-state index in [1.54, 1.807) is 27.7 Å². The Bertz CT molecular complexity index is 298. The Morgan fingerprint density at radius 1 is 0.750 bits per heavy atom. The molecule has 0 radical (unpaired) electrons. The molecule has 0 saturated carbocycles. The van der Waals surface area contributed by atoms with Crippen molar-refractivity contribution < 1.29 is 50.8 Å². The molecule has 0 aromatic carbocycles. The van der Waals surface area contributed by atoms with Crippen molar-refractivity contribution in [3.05, 3.63) is 0 Å². The molecular formula is C11H20O8Ti. The van der Waals surface area contributed by atoms with Crippen molar-refractivity contribution in [2.24, 2.45) is 0 Å². The summed E-state index contributed by atoms with van der Waals surface area (Å²) < 4.78 is 19.7. The number of rotatable bonds is 9. The van der Waals surface area contributed by atoms with Crippen LogP contribution in [0.5, 0.6) is 0 Å². The molecule has 0 amide bonds. The van der Waals surface area contributed by atoms with Gasteiger partial charge in [-0.3, -0.25) is 0 Å². The zero-order chi connectivity index (χ0) is 15.6. The Balaban J connectivity index is 5.18. The molecule has 0 spiro atoms. The second kappa shape index (κ2) is 9.87. The van der Waals surface area contributed by atoms with Gasteiger partial charge in [-0.05, 0) is 0 Å². The van der Waals surface area contributed by atoms with E-state index in [0.717, 1.165) is 0 Å². The first-order chi connectivity index (χ1) is 9.42. The van der Waals surface area contributed by atoms with Crippen molar-refractivity contribution in [1.29, 1.82) is 0 Å². The summed E-state index contributed by atoms with van der Waals surface area (Å²) in [5.41, 5.74) is 0. The van der Waals surface area contributed by atoms with E-state index in [9.17, 15) is 14.4 Å². The third-order valence-electron chi connectivity index (χ3n) is 1.86. The first-order valence-electron chi connectivity index (χ1n) is 6.39. The first kappa shape index (κ1) is 19.0. The minimum atomic E-state index is -4.93. The Labute approximate surface area is 122 Å². The van der Waals surface area contributed by atoms with Gasteiger partial charge in [-0.1, -0.05) is 0 Å². The molecule has 20 heavy (non-hydrogen) atoms. The molecule has 0 heterocycles. The van der Waals surface area contributed by atoms with Crippen molar-refractivity contribution >= 4 is 17.9 Å². The van der Waals surface area contributed by atoms with Gasteiger partial charge in [0.25, 0.3) is 0 Å². The van der Waals surface area contributed by atoms with Crippen LogP contribution in [0.1, 0.15) is 47.0 Å². The summed E-state index contributed by atoms with van der Waals surface area (Å²) in [4.78, 5) is 39.0. The number of carbonyl (C=O) groups excluding carboxylic acids is 3. The first-order valence-corrected chi connectivity index (χ1v) is 8.94. The van der Waals surface area contributed by atoms with Crippen molar-refractivity contribution in [3.63, 3.8) is 0 Å². The van der Waals surface area contributed by atoms with Gasteiger partial charge in [0.2, 0.25) is 0 Å². The van der Waals surface area contributed by atoms with E-state index >= 15 is 0 Å². The van der Waals surface area contributed by atoms with Gasteiger partial charge in [0.05, 0.1) is 0 Å². The molecule has 0 aliphatic carbocycles. The Kier molecular flexibility index (Phi) is 9.40. The third-order valence-corrected chi connectivity index (χ3v) is 4.60. The van der Waals surface area contributed by atoms with E-state index < -0.39 is 36.0 Å². The van der Waals surface area contributed by atoms with Crippen LogP contribution < -0.4 is 0 Å². The summed E-state index contributed by atoms with van der Waals surface area (Å²) in [5.74, 6) is -2.13. The second-order valence-corrected chi connectivity index (χ2v) is 6.25. The molecule has 0 aromatic rings. The van der Waals surface area contributed by atoms with Crippen LogP contribution in [0.2, 0.25) is 0 Å². The van der Waals surface area contributed by atoms with E-state index in [1.807, 2.05) is 0 Å². The third kappa shape index (κ3) is 7.00. The number of hydrogen-bond donors (Lipinski definition) is 0. The molecule has 0 fully saturated rings. The van der Waals surface area contributed by atoms with Gasteiger partial charge in [0, 0.05) is 0 Å². The van der Waals surface area contributed by atoms with Crippen LogP contribution in [-0.4, -0.2) is 24.5 Å².